The van der Waals surface area contributed by atoms with E-state index in [9.17, 15) is 8.42 Å². The molecule has 0 aliphatic heterocycles. The van der Waals surface area contributed by atoms with Gasteiger partial charge in [-0.2, -0.15) is 0 Å². The number of rotatable bonds is 4. The largest absolute Gasteiger partial charge is 0.360 e. The molecule has 0 saturated carbocycles. The molecule has 1 N–H and O–H groups in total. The Morgan fingerprint density at radius 3 is 2.95 bits per heavy atom. The third-order valence-corrected chi connectivity index (χ3v) is 5.44. The van der Waals surface area contributed by atoms with E-state index in [4.69, 9.17) is 4.52 Å². The summed E-state index contributed by atoms with van der Waals surface area (Å²) in [6, 6.07) is 0. The van der Waals surface area contributed by atoms with Gasteiger partial charge in [0.15, 0.2) is 10.7 Å². The Morgan fingerprint density at radius 2 is 2.25 bits per heavy atom. The Morgan fingerprint density at radius 1 is 1.45 bits per heavy atom. The van der Waals surface area contributed by atoms with E-state index in [2.05, 4.69) is 14.9 Å². The third kappa shape index (κ3) is 2.13. The monoisotopic (exact) mass is 312 g/mol. The lowest BCUT2D eigenvalue weighted by Gasteiger charge is -2.05. The summed E-state index contributed by atoms with van der Waals surface area (Å²) < 4.78 is 33.8. The lowest BCUT2D eigenvalue weighted by Crippen LogP contribution is -2.24. The van der Waals surface area contributed by atoms with Gasteiger partial charge in [-0.05, 0) is 13.8 Å². The van der Waals surface area contributed by atoms with Crippen LogP contribution in [0.15, 0.2) is 27.2 Å². The van der Waals surface area contributed by atoms with Crippen LogP contribution in [0.1, 0.15) is 17.1 Å². The minimum Gasteiger partial charge on any atom is -0.360 e. The first-order valence-electron chi connectivity index (χ1n) is 5.81. The van der Waals surface area contributed by atoms with Crippen LogP contribution in [0.5, 0.6) is 0 Å². The molecule has 3 rings (SSSR count). The summed E-state index contributed by atoms with van der Waals surface area (Å²) in [5, 5.41) is 5.53. The van der Waals surface area contributed by atoms with Crippen molar-refractivity contribution in [1.82, 2.24) is 19.3 Å². The van der Waals surface area contributed by atoms with Gasteiger partial charge in [0.1, 0.15) is 10.6 Å². The second-order valence-electron chi connectivity index (χ2n) is 4.28. The maximum Gasteiger partial charge on any atom is 0.246 e. The topological polar surface area (TPSA) is 89.5 Å². The predicted molar refractivity (Wildman–Crippen MR) is 73.1 cm³/mol. The molecule has 3 aromatic rings. The van der Waals surface area contributed by atoms with Crippen molar-refractivity contribution in [2.24, 2.45) is 0 Å². The van der Waals surface area contributed by atoms with E-state index in [1.165, 1.54) is 11.3 Å². The standard InChI is InChI=1S/C11H12N4O3S2/c1-7-10(8(2)18-14-7)20(16,17)13-5-9-6-19-11-12-3-4-15(9)11/h3-4,6,13H,5H2,1-2H3. The number of thiazole rings is 1. The van der Waals surface area contributed by atoms with Crippen LogP contribution in [0.25, 0.3) is 4.96 Å². The highest BCUT2D eigenvalue weighted by molar-refractivity contribution is 7.89. The maximum absolute atomic E-state index is 12.3. The second kappa shape index (κ2) is 4.69. The molecule has 0 aliphatic carbocycles. The fraction of sp³-hybridized carbons (Fsp3) is 0.273. The number of imidazole rings is 1. The van der Waals surface area contributed by atoms with Crippen molar-refractivity contribution in [2.75, 3.05) is 0 Å². The Bertz CT molecular complexity index is 840. The molecule has 0 amide bonds. The van der Waals surface area contributed by atoms with Crippen LogP contribution in [0.3, 0.4) is 0 Å². The average molecular weight is 312 g/mol. The van der Waals surface area contributed by atoms with Gasteiger partial charge in [-0.15, -0.1) is 11.3 Å². The zero-order chi connectivity index (χ0) is 14.3. The number of fused-ring (bicyclic) bond motifs is 1. The van der Waals surface area contributed by atoms with Gasteiger partial charge in [-0.3, -0.25) is 4.40 Å². The Hall–Kier alpha value is -1.71. The molecule has 3 aromatic heterocycles. The molecule has 0 fully saturated rings. The highest BCUT2D eigenvalue weighted by Gasteiger charge is 2.24. The Kier molecular flexibility index (Phi) is 3.11. The predicted octanol–water partition coefficient (Wildman–Crippen LogP) is 1.48. The number of sulfonamides is 1. The summed E-state index contributed by atoms with van der Waals surface area (Å²) in [4.78, 5) is 5.08. The SMILES string of the molecule is Cc1noc(C)c1S(=O)(=O)NCc1csc2nccn12. The average Bonchev–Trinajstić information content (AvgIpc) is 3.03. The molecule has 0 aromatic carbocycles. The summed E-state index contributed by atoms with van der Waals surface area (Å²) in [7, 11) is -3.64. The molecule has 0 saturated heterocycles. The molecule has 106 valence electrons. The van der Waals surface area contributed by atoms with Crippen LogP contribution in [-0.2, 0) is 16.6 Å². The first-order chi connectivity index (χ1) is 9.49. The van der Waals surface area contributed by atoms with Crippen LogP contribution in [-0.4, -0.2) is 23.0 Å². The molecule has 7 nitrogen and oxygen atoms in total. The van der Waals surface area contributed by atoms with Crippen LogP contribution >= 0.6 is 11.3 Å². The van der Waals surface area contributed by atoms with Crippen LogP contribution in [0.2, 0.25) is 0 Å². The zero-order valence-electron chi connectivity index (χ0n) is 10.8. The van der Waals surface area contributed by atoms with Crippen LogP contribution < -0.4 is 4.72 Å². The van der Waals surface area contributed by atoms with Crippen LogP contribution in [0.4, 0.5) is 0 Å². The van der Waals surface area contributed by atoms with Crippen LogP contribution in [0, 0.1) is 13.8 Å². The first kappa shape index (κ1) is 13.3. The molecule has 9 heteroatoms. The molecule has 0 atom stereocenters. The minimum atomic E-state index is -3.64. The van der Waals surface area contributed by atoms with Gasteiger partial charge in [0.2, 0.25) is 10.0 Å². The van der Waals surface area contributed by atoms with E-state index >= 15 is 0 Å². The number of aryl methyl sites for hydroxylation is 2. The summed E-state index contributed by atoms with van der Waals surface area (Å²) in [5.41, 5.74) is 1.19. The summed E-state index contributed by atoms with van der Waals surface area (Å²) in [6.45, 7) is 3.36. The second-order valence-corrected chi connectivity index (χ2v) is 6.83. The quantitative estimate of drug-likeness (QED) is 0.788. The molecule has 0 bridgehead atoms. The Labute approximate surface area is 119 Å². The molecular weight excluding hydrogens is 300 g/mol. The minimum absolute atomic E-state index is 0.106. The lowest BCUT2D eigenvalue weighted by atomic mass is 10.4. The maximum atomic E-state index is 12.3. The molecule has 0 spiro atoms. The molecule has 3 heterocycles. The van der Waals surface area contributed by atoms with E-state index in [1.807, 2.05) is 9.78 Å². The van der Waals surface area contributed by atoms with Gasteiger partial charge in [-0.25, -0.2) is 18.1 Å². The molecule has 0 radical (unpaired) electrons. The summed E-state index contributed by atoms with van der Waals surface area (Å²) in [5.74, 6) is 0.285. The van der Waals surface area contributed by atoms with Crippen molar-refractivity contribution in [1.29, 1.82) is 0 Å². The number of nitrogens with one attached hydrogen (secondary N) is 1. The molecular formula is C11H12N4O3S2. The highest BCUT2D eigenvalue weighted by Crippen LogP contribution is 2.20. The first-order valence-corrected chi connectivity index (χ1v) is 8.17. The number of nitrogens with zero attached hydrogens (tertiary/aromatic N) is 3. The number of hydrogen-bond donors (Lipinski definition) is 1. The van der Waals surface area contributed by atoms with Gasteiger partial charge < -0.3 is 4.52 Å². The normalized spacial score (nSPS) is 12.3. The van der Waals surface area contributed by atoms with Crippen molar-refractivity contribution in [3.05, 3.63) is 34.9 Å². The van der Waals surface area contributed by atoms with Gasteiger partial charge in [0, 0.05) is 23.5 Å². The molecule has 20 heavy (non-hydrogen) atoms. The summed E-state index contributed by atoms with van der Waals surface area (Å²) >= 11 is 1.46. The smallest absolute Gasteiger partial charge is 0.246 e. The van der Waals surface area contributed by atoms with Gasteiger partial charge in [-0.1, -0.05) is 5.16 Å². The third-order valence-electron chi connectivity index (χ3n) is 2.90. The van der Waals surface area contributed by atoms with E-state index in [0.29, 0.717) is 5.69 Å². The molecule has 0 unspecified atom stereocenters. The fourth-order valence-electron chi connectivity index (χ4n) is 2.00. The zero-order valence-corrected chi connectivity index (χ0v) is 12.5. The Balaban J connectivity index is 1.86. The van der Waals surface area contributed by atoms with E-state index in [0.717, 1.165) is 10.7 Å². The van der Waals surface area contributed by atoms with Crippen molar-refractivity contribution in [3.8, 4) is 0 Å². The number of hydrogen-bond acceptors (Lipinski definition) is 6. The van der Waals surface area contributed by atoms with Crippen molar-refractivity contribution >= 4 is 26.3 Å². The number of aromatic nitrogens is 3. The van der Waals surface area contributed by atoms with E-state index in [-0.39, 0.29) is 17.2 Å². The van der Waals surface area contributed by atoms with Gasteiger partial charge >= 0.3 is 0 Å². The van der Waals surface area contributed by atoms with Crippen molar-refractivity contribution < 1.29 is 12.9 Å². The van der Waals surface area contributed by atoms with Crippen molar-refractivity contribution in [2.45, 2.75) is 25.3 Å². The molecule has 0 aliphatic rings. The summed E-state index contributed by atoms with van der Waals surface area (Å²) in [6.07, 6.45) is 3.48. The van der Waals surface area contributed by atoms with Crippen molar-refractivity contribution in [3.63, 3.8) is 0 Å². The fourth-order valence-corrected chi connectivity index (χ4v) is 4.18. The lowest BCUT2D eigenvalue weighted by molar-refractivity contribution is 0.390. The van der Waals surface area contributed by atoms with E-state index in [1.54, 1.807) is 26.2 Å². The van der Waals surface area contributed by atoms with E-state index < -0.39 is 10.0 Å². The highest BCUT2D eigenvalue weighted by atomic mass is 32.2. The van der Waals surface area contributed by atoms with Gasteiger partial charge in [0.25, 0.3) is 0 Å². The van der Waals surface area contributed by atoms with Gasteiger partial charge in [0.05, 0.1) is 6.54 Å².